The third-order valence-electron chi connectivity index (χ3n) is 3.41. The number of nitrogens with zero attached hydrogens (tertiary/aromatic N) is 2. The van der Waals surface area contributed by atoms with Gasteiger partial charge in [-0.15, -0.1) is 6.58 Å². The minimum absolute atomic E-state index is 0.331. The second-order valence-corrected chi connectivity index (χ2v) is 5.44. The van der Waals surface area contributed by atoms with E-state index in [9.17, 15) is 5.11 Å². The van der Waals surface area contributed by atoms with Crippen LogP contribution in [0.4, 0.5) is 0 Å². The molecule has 0 aliphatic heterocycles. The molecule has 1 heterocycles. The minimum Gasteiger partial charge on any atom is -0.392 e. The Hall–Kier alpha value is -1.84. The second kappa shape index (κ2) is 7.81. The van der Waals surface area contributed by atoms with Gasteiger partial charge in [0.25, 0.3) is 0 Å². The summed E-state index contributed by atoms with van der Waals surface area (Å²) in [6, 6.07) is 14.7. The summed E-state index contributed by atoms with van der Waals surface area (Å²) in [6.45, 7) is 8.74. The van der Waals surface area contributed by atoms with Crippen molar-refractivity contribution >= 4 is 0 Å². The van der Waals surface area contributed by atoms with Gasteiger partial charge in [0.05, 0.1) is 6.10 Å². The quantitative estimate of drug-likeness (QED) is 0.755. The van der Waals surface area contributed by atoms with E-state index >= 15 is 0 Å². The Kier molecular flexibility index (Phi) is 5.78. The van der Waals surface area contributed by atoms with E-state index < -0.39 is 0 Å². The zero-order valence-corrected chi connectivity index (χ0v) is 12.7. The number of benzene rings is 1. The molecule has 0 radical (unpaired) electrons. The van der Waals surface area contributed by atoms with Gasteiger partial charge in [-0.1, -0.05) is 36.4 Å². The number of aromatic nitrogens is 1. The summed E-state index contributed by atoms with van der Waals surface area (Å²) < 4.78 is 2.26. The van der Waals surface area contributed by atoms with Crippen LogP contribution in [0.2, 0.25) is 0 Å². The van der Waals surface area contributed by atoms with Gasteiger partial charge in [-0.2, -0.15) is 0 Å². The molecule has 3 heteroatoms. The standard InChI is InChI=1S/C18H24N2O/c1-3-11-19(13-16(2)21)15-18-10-7-12-20(18)14-17-8-5-4-6-9-17/h3-10,12,16,21H,1,11,13-15H2,2H3/t16-/m1/s1. The van der Waals surface area contributed by atoms with E-state index in [-0.39, 0.29) is 6.10 Å². The predicted octanol–water partition coefficient (Wildman–Crippen LogP) is 2.91. The zero-order valence-electron chi connectivity index (χ0n) is 12.7. The Morgan fingerprint density at radius 2 is 2.00 bits per heavy atom. The highest BCUT2D eigenvalue weighted by Gasteiger charge is 2.10. The number of rotatable bonds is 8. The lowest BCUT2D eigenvalue weighted by Gasteiger charge is -2.23. The minimum atomic E-state index is -0.331. The topological polar surface area (TPSA) is 28.4 Å². The lowest BCUT2D eigenvalue weighted by atomic mass is 10.2. The van der Waals surface area contributed by atoms with E-state index in [2.05, 4.69) is 58.6 Å². The van der Waals surface area contributed by atoms with Crippen LogP contribution in [0.3, 0.4) is 0 Å². The van der Waals surface area contributed by atoms with Crippen molar-refractivity contribution < 1.29 is 5.11 Å². The summed E-state index contributed by atoms with van der Waals surface area (Å²) in [5, 5.41) is 9.60. The summed E-state index contributed by atoms with van der Waals surface area (Å²) in [6.07, 6.45) is 3.66. The maximum absolute atomic E-state index is 9.60. The first-order chi connectivity index (χ1) is 10.2. The average Bonchev–Trinajstić information content (AvgIpc) is 2.87. The van der Waals surface area contributed by atoms with Gasteiger partial charge < -0.3 is 9.67 Å². The summed E-state index contributed by atoms with van der Waals surface area (Å²) >= 11 is 0. The van der Waals surface area contributed by atoms with E-state index in [0.29, 0.717) is 6.54 Å². The van der Waals surface area contributed by atoms with Crippen LogP contribution in [0.15, 0.2) is 61.3 Å². The van der Waals surface area contributed by atoms with Gasteiger partial charge in [-0.05, 0) is 24.6 Å². The third kappa shape index (κ3) is 4.88. The fourth-order valence-corrected chi connectivity index (χ4v) is 2.52. The largest absolute Gasteiger partial charge is 0.392 e. The highest BCUT2D eigenvalue weighted by molar-refractivity contribution is 5.17. The van der Waals surface area contributed by atoms with Crippen molar-refractivity contribution in [3.8, 4) is 0 Å². The number of hydrogen-bond acceptors (Lipinski definition) is 2. The molecule has 21 heavy (non-hydrogen) atoms. The summed E-state index contributed by atoms with van der Waals surface area (Å²) in [7, 11) is 0. The van der Waals surface area contributed by atoms with Gasteiger partial charge in [0.1, 0.15) is 0 Å². The van der Waals surface area contributed by atoms with Gasteiger partial charge in [0.2, 0.25) is 0 Å². The van der Waals surface area contributed by atoms with Crippen LogP contribution in [-0.2, 0) is 13.1 Å². The van der Waals surface area contributed by atoms with Gasteiger partial charge in [-0.25, -0.2) is 0 Å². The molecule has 0 spiro atoms. The van der Waals surface area contributed by atoms with E-state index in [4.69, 9.17) is 0 Å². The molecule has 1 atom stereocenters. The normalized spacial score (nSPS) is 12.5. The van der Waals surface area contributed by atoms with Gasteiger partial charge >= 0.3 is 0 Å². The maximum Gasteiger partial charge on any atom is 0.0639 e. The van der Waals surface area contributed by atoms with Crippen molar-refractivity contribution in [2.24, 2.45) is 0 Å². The Morgan fingerprint density at radius 1 is 1.24 bits per heavy atom. The molecular weight excluding hydrogens is 260 g/mol. The Labute approximate surface area is 127 Å². The molecule has 2 rings (SSSR count). The summed E-state index contributed by atoms with van der Waals surface area (Å²) in [5.41, 5.74) is 2.54. The van der Waals surface area contributed by atoms with Crippen LogP contribution in [0.1, 0.15) is 18.2 Å². The smallest absolute Gasteiger partial charge is 0.0639 e. The summed E-state index contributed by atoms with van der Waals surface area (Å²) in [4.78, 5) is 2.20. The Bertz CT molecular complexity index is 545. The van der Waals surface area contributed by atoms with Gasteiger partial charge in [0, 0.05) is 38.1 Å². The molecule has 1 aromatic carbocycles. The maximum atomic E-state index is 9.60. The van der Waals surface area contributed by atoms with Crippen molar-refractivity contribution in [1.29, 1.82) is 0 Å². The second-order valence-electron chi connectivity index (χ2n) is 5.44. The fraction of sp³-hybridized carbons (Fsp3) is 0.333. The van der Waals surface area contributed by atoms with Crippen LogP contribution < -0.4 is 0 Å². The van der Waals surface area contributed by atoms with Crippen molar-refractivity contribution in [2.45, 2.75) is 26.1 Å². The molecule has 2 aromatic rings. The first-order valence-electron chi connectivity index (χ1n) is 7.38. The molecule has 0 saturated carbocycles. The van der Waals surface area contributed by atoms with E-state index in [0.717, 1.165) is 19.6 Å². The highest BCUT2D eigenvalue weighted by Crippen LogP contribution is 2.11. The predicted molar refractivity (Wildman–Crippen MR) is 87.1 cm³/mol. The van der Waals surface area contributed by atoms with Gasteiger partial charge in [0.15, 0.2) is 0 Å². The van der Waals surface area contributed by atoms with Crippen LogP contribution in [0.25, 0.3) is 0 Å². The van der Waals surface area contributed by atoms with Crippen LogP contribution in [0, 0.1) is 0 Å². The molecule has 0 unspecified atom stereocenters. The molecule has 3 nitrogen and oxygen atoms in total. The third-order valence-corrected chi connectivity index (χ3v) is 3.41. The average molecular weight is 284 g/mol. The molecule has 0 saturated heterocycles. The fourth-order valence-electron chi connectivity index (χ4n) is 2.52. The van der Waals surface area contributed by atoms with E-state index in [1.165, 1.54) is 11.3 Å². The summed E-state index contributed by atoms with van der Waals surface area (Å²) in [5.74, 6) is 0. The first-order valence-corrected chi connectivity index (χ1v) is 7.38. The molecule has 112 valence electrons. The van der Waals surface area contributed by atoms with Crippen molar-refractivity contribution in [3.63, 3.8) is 0 Å². The highest BCUT2D eigenvalue weighted by atomic mass is 16.3. The van der Waals surface area contributed by atoms with E-state index in [1.54, 1.807) is 0 Å². The van der Waals surface area contributed by atoms with Crippen LogP contribution in [0.5, 0.6) is 0 Å². The van der Waals surface area contributed by atoms with Crippen molar-refractivity contribution in [1.82, 2.24) is 9.47 Å². The van der Waals surface area contributed by atoms with Crippen LogP contribution >= 0.6 is 0 Å². The van der Waals surface area contributed by atoms with Crippen LogP contribution in [-0.4, -0.2) is 33.8 Å². The molecule has 0 amide bonds. The number of hydrogen-bond donors (Lipinski definition) is 1. The molecule has 1 aromatic heterocycles. The number of aliphatic hydroxyl groups excluding tert-OH is 1. The van der Waals surface area contributed by atoms with Crippen molar-refractivity contribution in [3.05, 3.63) is 72.6 Å². The monoisotopic (exact) mass is 284 g/mol. The molecule has 0 fully saturated rings. The zero-order chi connectivity index (χ0) is 15.1. The lowest BCUT2D eigenvalue weighted by molar-refractivity contribution is 0.128. The lowest BCUT2D eigenvalue weighted by Crippen LogP contribution is -2.31. The first kappa shape index (κ1) is 15.5. The van der Waals surface area contributed by atoms with Crippen molar-refractivity contribution in [2.75, 3.05) is 13.1 Å². The Morgan fingerprint density at radius 3 is 2.67 bits per heavy atom. The number of aliphatic hydroxyl groups is 1. The Balaban J connectivity index is 2.06. The molecule has 0 bridgehead atoms. The van der Waals surface area contributed by atoms with E-state index in [1.807, 2.05) is 19.1 Å². The molecular formula is C18H24N2O. The molecule has 0 aliphatic rings. The van der Waals surface area contributed by atoms with Gasteiger partial charge in [-0.3, -0.25) is 4.90 Å². The molecule has 1 N–H and O–H groups in total. The SMILES string of the molecule is C=CCN(Cc1cccn1Cc1ccccc1)C[C@@H](C)O. The molecule has 0 aliphatic carbocycles.